The predicted molar refractivity (Wildman–Crippen MR) is 123 cm³/mol. The molecule has 0 bridgehead atoms. The van der Waals surface area contributed by atoms with E-state index < -0.39 is 5.97 Å². The van der Waals surface area contributed by atoms with Crippen molar-refractivity contribution in [1.29, 1.82) is 0 Å². The quantitative estimate of drug-likeness (QED) is 0.320. The number of halogens is 1. The Kier molecular flexibility index (Phi) is 10.2. The van der Waals surface area contributed by atoms with Gasteiger partial charge in [-0.05, 0) is 60.9 Å². The Morgan fingerprint density at radius 1 is 0.968 bits per heavy atom. The molecule has 0 aliphatic heterocycles. The summed E-state index contributed by atoms with van der Waals surface area (Å²) in [4.78, 5) is 23.3. The summed E-state index contributed by atoms with van der Waals surface area (Å²) in [6.07, 6.45) is 5.28. The maximum absolute atomic E-state index is 13.3. The largest absolute Gasteiger partial charge is 2.00 e. The number of amides is 1. The fourth-order valence-corrected chi connectivity index (χ4v) is 3.32. The van der Waals surface area contributed by atoms with Gasteiger partial charge >= 0.3 is 43.7 Å². The molecule has 1 amide bonds. The smallest absolute Gasteiger partial charge is 1.00 e. The van der Waals surface area contributed by atoms with Crippen molar-refractivity contribution in [3.05, 3.63) is 78.2 Å². The van der Waals surface area contributed by atoms with Gasteiger partial charge < -0.3 is 17.8 Å². The minimum absolute atomic E-state index is 0. The summed E-state index contributed by atoms with van der Waals surface area (Å²) in [7, 11) is 0. The van der Waals surface area contributed by atoms with Gasteiger partial charge in [-0.1, -0.05) is 31.0 Å². The van der Waals surface area contributed by atoms with E-state index >= 15 is 0 Å². The maximum Gasteiger partial charge on any atom is 2.00 e. The first-order valence-electron chi connectivity index (χ1n) is 10.1. The minimum Gasteiger partial charge on any atom is -1.00 e. The molecule has 31 heavy (non-hydrogen) atoms. The molecule has 0 aliphatic rings. The van der Waals surface area contributed by atoms with Gasteiger partial charge in [-0.25, -0.2) is 4.39 Å². The van der Waals surface area contributed by atoms with Crippen molar-refractivity contribution < 1.29 is 21.9 Å². The first-order valence-corrected chi connectivity index (χ1v) is 10.1. The van der Waals surface area contributed by atoms with Crippen molar-refractivity contribution in [2.45, 2.75) is 38.6 Å². The van der Waals surface area contributed by atoms with E-state index in [9.17, 15) is 14.0 Å². The summed E-state index contributed by atoms with van der Waals surface area (Å²) in [5.74, 6) is -1.28. The van der Waals surface area contributed by atoms with Crippen molar-refractivity contribution in [3.63, 3.8) is 0 Å². The number of rotatable bonds is 10. The second-order valence-corrected chi connectivity index (χ2v) is 7.19. The Morgan fingerprint density at radius 2 is 1.65 bits per heavy atom. The zero-order valence-corrected chi connectivity index (χ0v) is 19.6. The molecular formula is C24H27CaFN2O3. The van der Waals surface area contributed by atoms with Crippen LogP contribution < -0.4 is 5.32 Å². The number of unbranched alkanes of at least 4 members (excludes halogenated alkanes) is 3. The van der Waals surface area contributed by atoms with Crippen molar-refractivity contribution in [2.24, 2.45) is 0 Å². The predicted octanol–water partition coefficient (Wildman–Crippen LogP) is 5.43. The number of benzene rings is 2. The second kappa shape index (κ2) is 12.6. The number of carbonyl (C=O) groups is 2. The van der Waals surface area contributed by atoms with Crippen LogP contribution in [0.2, 0.25) is 0 Å². The van der Waals surface area contributed by atoms with Crippen LogP contribution in [0.25, 0.3) is 11.3 Å². The van der Waals surface area contributed by atoms with E-state index in [1.54, 1.807) is 12.1 Å². The number of aliphatic carboxylic acids is 1. The molecule has 2 aromatic carbocycles. The Morgan fingerprint density at radius 3 is 2.32 bits per heavy atom. The van der Waals surface area contributed by atoms with Gasteiger partial charge in [0.05, 0.1) is 5.56 Å². The number of hydrogen-bond acceptors (Lipinski definition) is 2. The van der Waals surface area contributed by atoms with E-state index in [1.165, 1.54) is 12.1 Å². The molecule has 0 fully saturated rings. The SMILES string of the molecule is O=C(O)CCCCCCn1cc(C(=O)Nc2ccccc2)cc1-c1ccc(F)cc1.[Ca+2].[H-].[H-]. The van der Waals surface area contributed by atoms with Crippen LogP contribution in [0, 0.1) is 5.82 Å². The number of carboxylic acids is 1. The first kappa shape index (κ1) is 25.1. The summed E-state index contributed by atoms with van der Waals surface area (Å²) in [5, 5.41) is 11.6. The molecule has 0 unspecified atom stereocenters. The zero-order valence-electron chi connectivity index (χ0n) is 19.4. The molecule has 0 radical (unpaired) electrons. The van der Waals surface area contributed by atoms with Gasteiger partial charge in [0.25, 0.3) is 5.91 Å². The number of nitrogens with zero attached hydrogens (tertiary/aromatic N) is 1. The van der Waals surface area contributed by atoms with E-state index in [-0.39, 0.29) is 58.7 Å². The zero-order chi connectivity index (χ0) is 21.3. The van der Waals surface area contributed by atoms with Crippen molar-refractivity contribution in [3.8, 4) is 11.3 Å². The van der Waals surface area contributed by atoms with Gasteiger partial charge in [-0.15, -0.1) is 0 Å². The summed E-state index contributed by atoms with van der Waals surface area (Å²) in [6.45, 7) is 0.693. The van der Waals surface area contributed by atoms with E-state index in [1.807, 2.05) is 47.2 Å². The third kappa shape index (κ3) is 7.80. The summed E-state index contributed by atoms with van der Waals surface area (Å²) in [6, 6.07) is 17.3. The van der Waals surface area contributed by atoms with E-state index in [2.05, 4.69) is 5.32 Å². The van der Waals surface area contributed by atoms with Crippen LogP contribution in [0.15, 0.2) is 66.9 Å². The first-order chi connectivity index (χ1) is 14.5. The van der Waals surface area contributed by atoms with Crippen LogP contribution in [0.3, 0.4) is 0 Å². The van der Waals surface area contributed by atoms with Crippen LogP contribution in [0.4, 0.5) is 10.1 Å². The maximum atomic E-state index is 13.3. The van der Waals surface area contributed by atoms with Crippen molar-refractivity contribution >= 4 is 55.3 Å². The molecular weight excluding hydrogens is 423 g/mol. The van der Waals surface area contributed by atoms with Crippen LogP contribution in [0.5, 0.6) is 0 Å². The average Bonchev–Trinajstić information content (AvgIpc) is 3.16. The fourth-order valence-electron chi connectivity index (χ4n) is 3.32. The molecule has 0 atom stereocenters. The summed E-state index contributed by atoms with van der Waals surface area (Å²) in [5.41, 5.74) is 2.93. The standard InChI is InChI=1S/C24H25FN2O3.Ca.2H/c25-20-13-11-18(12-14-20)22-16-19(24(30)26-21-8-4-3-5-9-21)17-27(22)15-7-2-1-6-10-23(28)29;;;/h3-5,8-9,11-14,16-17H,1-2,6-7,10,15H2,(H,26,30)(H,28,29);;;/q;+2;2*-1. The van der Waals surface area contributed by atoms with Crippen LogP contribution >= 0.6 is 0 Å². The normalized spacial score (nSPS) is 10.4. The molecule has 0 saturated heterocycles. The van der Waals surface area contributed by atoms with E-state index in [4.69, 9.17) is 5.11 Å². The number of hydrogen-bond donors (Lipinski definition) is 2. The molecule has 5 nitrogen and oxygen atoms in total. The third-order valence-corrected chi connectivity index (χ3v) is 4.87. The monoisotopic (exact) mass is 450 g/mol. The molecule has 1 aromatic heterocycles. The second-order valence-electron chi connectivity index (χ2n) is 7.19. The fraction of sp³-hybridized carbons (Fsp3) is 0.250. The summed E-state index contributed by atoms with van der Waals surface area (Å²) >= 11 is 0. The molecule has 0 aliphatic carbocycles. The van der Waals surface area contributed by atoms with Crippen LogP contribution in [0.1, 0.15) is 45.3 Å². The molecule has 0 saturated carbocycles. The minimum atomic E-state index is -0.770. The van der Waals surface area contributed by atoms with Gasteiger partial charge in [-0.2, -0.15) is 0 Å². The Labute approximate surface area is 214 Å². The van der Waals surface area contributed by atoms with E-state index in [0.717, 1.165) is 36.2 Å². The number of anilines is 1. The summed E-state index contributed by atoms with van der Waals surface area (Å²) < 4.78 is 15.3. The molecule has 3 aromatic rings. The molecule has 7 heteroatoms. The number of para-hydroxylation sites is 1. The average molecular weight is 451 g/mol. The van der Waals surface area contributed by atoms with Gasteiger partial charge in [0, 0.05) is 30.5 Å². The number of carboxylic acid groups (broad SMARTS) is 1. The van der Waals surface area contributed by atoms with Gasteiger partial charge in [0.15, 0.2) is 0 Å². The number of aromatic nitrogens is 1. The molecule has 2 N–H and O–H groups in total. The molecule has 1 heterocycles. The van der Waals surface area contributed by atoms with Gasteiger partial charge in [0.2, 0.25) is 0 Å². The van der Waals surface area contributed by atoms with Crippen molar-refractivity contribution in [2.75, 3.05) is 5.32 Å². The van der Waals surface area contributed by atoms with Crippen LogP contribution in [-0.4, -0.2) is 59.3 Å². The molecule has 3 rings (SSSR count). The molecule has 0 spiro atoms. The van der Waals surface area contributed by atoms with Crippen molar-refractivity contribution in [1.82, 2.24) is 4.57 Å². The van der Waals surface area contributed by atoms with E-state index in [0.29, 0.717) is 18.5 Å². The van der Waals surface area contributed by atoms with Gasteiger partial charge in [-0.3, -0.25) is 9.59 Å². The molecule has 160 valence electrons. The third-order valence-electron chi connectivity index (χ3n) is 4.87. The van der Waals surface area contributed by atoms with Crippen LogP contribution in [-0.2, 0) is 11.3 Å². The number of aryl methyl sites for hydroxylation is 1. The Hall–Kier alpha value is -2.15. The topological polar surface area (TPSA) is 71.3 Å². The Bertz CT molecular complexity index is 999. The Balaban J connectivity index is 0.00000341. The number of carbonyl (C=O) groups excluding carboxylic acids is 1. The van der Waals surface area contributed by atoms with Gasteiger partial charge in [0.1, 0.15) is 5.82 Å². The number of nitrogens with one attached hydrogen (secondary N) is 1.